The Balaban J connectivity index is 0.970. The van der Waals surface area contributed by atoms with E-state index in [4.69, 9.17) is 47.4 Å². The third-order valence-corrected chi connectivity index (χ3v) is 13.8. The number of rotatable bonds is 24. The molecule has 2 heterocycles. The Morgan fingerprint density at radius 1 is 0.522 bits per heavy atom. The first kappa shape index (κ1) is 50.6. The van der Waals surface area contributed by atoms with Crippen LogP contribution in [0.3, 0.4) is 0 Å². The number of ether oxygens (including phenoxy) is 10. The van der Waals surface area contributed by atoms with Crippen LogP contribution in [0.25, 0.3) is 0 Å². The van der Waals surface area contributed by atoms with E-state index >= 15 is 0 Å². The highest BCUT2D eigenvalue weighted by atomic mass is 16.5. The van der Waals surface area contributed by atoms with E-state index in [9.17, 15) is 9.59 Å². The van der Waals surface area contributed by atoms with Crippen molar-refractivity contribution in [1.29, 1.82) is 0 Å². The molecule has 0 aliphatic carbocycles. The molecule has 4 aromatic carbocycles. The maximum absolute atomic E-state index is 13.2. The normalized spacial score (nSPS) is 19.6. The number of carbonyl (C=O) groups is 2. The minimum atomic E-state index is -0.214. The smallest absolute Gasteiger partial charge is 0.311 e. The van der Waals surface area contributed by atoms with Crippen LogP contribution in [0, 0.1) is 0 Å². The van der Waals surface area contributed by atoms with E-state index in [1.165, 1.54) is 22.3 Å². The molecule has 2 aliphatic rings. The average Bonchev–Trinajstić information content (AvgIpc) is 3.34. The van der Waals surface area contributed by atoms with Gasteiger partial charge in [-0.05, 0) is 96.5 Å². The SMILES string of the molecule is COc1ccc(C[C@H]2C[N+](C)(CCC(=O)OCCCCCOC(=O)CC[N+]3(C)CCc4cc(OC)c(OC)cc4[C@H]3Cc3ccc(OC)c(OC)c3)Cc3cc(OC)c(OC)cc32)cc1OC. The van der Waals surface area contributed by atoms with Crippen LogP contribution < -0.4 is 37.9 Å². The van der Waals surface area contributed by atoms with Gasteiger partial charge in [-0.2, -0.15) is 0 Å². The summed E-state index contributed by atoms with van der Waals surface area (Å²) in [7, 11) is 17.6. The van der Waals surface area contributed by atoms with Crippen molar-refractivity contribution >= 4 is 11.9 Å². The number of hydrogen-bond acceptors (Lipinski definition) is 12. The van der Waals surface area contributed by atoms with E-state index in [0.717, 1.165) is 56.4 Å². The van der Waals surface area contributed by atoms with Crippen molar-refractivity contribution in [3.63, 3.8) is 0 Å². The van der Waals surface area contributed by atoms with Crippen molar-refractivity contribution in [2.75, 3.05) is 110 Å². The van der Waals surface area contributed by atoms with Crippen LogP contribution in [0.15, 0.2) is 60.7 Å². The van der Waals surface area contributed by atoms with E-state index in [2.05, 4.69) is 50.5 Å². The standard InChI is InChI=1S/C53H72N2O12/c1-54(34-39(26-36-14-16-44(58-3)46(28-36)60-5)41-32-50(64-9)49(63-8)31-40(41)35-54)21-19-52(56)66-24-12-11-13-25-67-53(57)20-23-55(2)22-18-38-30-48(62-7)51(65-10)33-42(38)43(55)27-37-15-17-45(59-4)47(29-37)61-6/h14-17,28-33,39,43H,11-13,18-27,34-35H2,1-10H3/q+2/t39-,43+,54?,55?/m0/s1. The molecule has 364 valence electrons. The van der Waals surface area contributed by atoms with Gasteiger partial charge in [0.05, 0.1) is 123 Å². The summed E-state index contributed by atoms with van der Waals surface area (Å²) >= 11 is 0. The lowest BCUT2D eigenvalue weighted by Crippen LogP contribution is -2.53. The zero-order valence-corrected chi connectivity index (χ0v) is 41.3. The summed E-state index contributed by atoms with van der Waals surface area (Å²) in [6, 6.07) is 20.5. The van der Waals surface area contributed by atoms with E-state index in [-0.39, 0.29) is 23.9 Å². The van der Waals surface area contributed by atoms with Crippen LogP contribution in [-0.2, 0) is 44.9 Å². The Morgan fingerprint density at radius 2 is 0.985 bits per heavy atom. The van der Waals surface area contributed by atoms with Gasteiger partial charge in [-0.25, -0.2) is 0 Å². The molecule has 14 heteroatoms. The highest BCUT2D eigenvalue weighted by Gasteiger charge is 2.41. The van der Waals surface area contributed by atoms with Crippen molar-refractivity contribution in [1.82, 2.24) is 0 Å². The molecule has 67 heavy (non-hydrogen) atoms. The van der Waals surface area contributed by atoms with E-state index in [1.807, 2.05) is 24.3 Å². The maximum atomic E-state index is 13.2. The van der Waals surface area contributed by atoms with Gasteiger partial charge in [-0.1, -0.05) is 12.1 Å². The van der Waals surface area contributed by atoms with Crippen LogP contribution in [0.5, 0.6) is 46.0 Å². The minimum Gasteiger partial charge on any atom is -0.493 e. The van der Waals surface area contributed by atoms with Crippen LogP contribution in [0.2, 0.25) is 0 Å². The number of carbonyl (C=O) groups excluding carboxylic acids is 2. The molecule has 0 aromatic heterocycles. The first-order valence-electron chi connectivity index (χ1n) is 23.2. The van der Waals surface area contributed by atoms with Gasteiger partial charge in [-0.3, -0.25) is 9.59 Å². The average molecular weight is 929 g/mol. The van der Waals surface area contributed by atoms with Gasteiger partial charge < -0.3 is 56.3 Å². The third-order valence-electron chi connectivity index (χ3n) is 13.8. The van der Waals surface area contributed by atoms with Crippen molar-refractivity contribution in [3.05, 3.63) is 94.0 Å². The molecule has 0 saturated heterocycles. The first-order chi connectivity index (χ1) is 32.3. The lowest BCUT2D eigenvalue weighted by atomic mass is 9.83. The molecule has 0 fully saturated rings. The molecule has 0 bridgehead atoms. The summed E-state index contributed by atoms with van der Waals surface area (Å²) < 4.78 is 57.8. The number of likely N-dealkylation sites (N-methyl/N-ethyl adjacent to an activating group) is 2. The molecular weight excluding hydrogens is 857 g/mol. The third kappa shape index (κ3) is 12.4. The van der Waals surface area contributed by atoms with E-state index in [1.54, 1.807) is 56.9 Å². The van der Waals surface area contributed by atoms with Crippen molar-refractivity contribution in [3.8, 4) is 46.0 Å². The Labute approximate surface area is 397 Å². The molecule has 4 atom stereocenters. The lowest BCUT2D eigenvalue weighted by Gasteiger charge is -2.46. The summed E-state index contributed by atoms with van der Waals surface area (Å²) in [6.45, 7) is 4.34. The number of benzene rings is 4. The summed E-state index contributed by atoms with van der Waals surface area (Å²) in [6.07, 6.45) is 5.10. The van der Waals surface area contributed by atoms with Gasteiger partial charge in [-0.15, -0.1) is 0 Å². The van der Waals surface area contributed by atoms with Crippen molar-refractivity contribution in [2.45, 2.75) is 69.9 Å². The summed E-state index contributed by atoms with van der Waals surface area (Å²) in [5.41, 5.74) is 7.03. The molecule has 4 aromatic rings. The van der Waals surface area contributed by atoms with Gasteiger partial charge in [0.2, 0.25) is 0 Å². The number of methoxy groups -OCH3 is 8. The van der Waals surface area contributed by atoms with Crippen LogP contribution in [0.4, 0.5) is 0 Å². The first-order valence-corrected chi connectivity index (χ1v) is 23.2. The fourth-order valence-electron chi connectivity index (χ4n) is 9.96. The molecule has 0 radical (unpaired) electrons. The number of quaternary nitrogens is 2. The van der Waals surface area contributed by atoms with Crippen LogP contribution in [0.1, 0.15) is 77.4 Å². The predicted octanol–water partition coefficient (Wildman–Crippen LogP) is 8.07. The Bertz CT molecular complexity index is 2320. The zero-order chi connectivity index (χ0) is 48.1. The molecule has 0 amide bonds. The van der Waals surface area contributed by atoms with Crippen molar-refractivity contribution < 1.29 is 65.9 Å². The summed E-state index contributed by atoms with van der Waals surface area (Å²) in [5, 5.41) is 0. The van der Waals surface area contributed by atoms with E-state index in [0.29, 0.717) is 107 Å². The van der Waals surface area contributed by atoms with Gasteiger partial charge in [0.25, 0.3) is 0 Å². The number of unbranched alkanes of at least 4 members (excludes halogenated alkanes) is 2. The number of fused-ring (bicyclic) bond motifs is 2. The molecule has 6 rings (SSSR count). The van der Waals surface area contributed by atoms with Gasteiger partial charge >= 0.3 is 11.9 Å². The van der Waals surface area contributed by atoms with Gasteiger partial charge in [0, 0.05) is 29.9 Å². The number of esters is 2. The second kappa shape index (κ2) is 23.2. The van der Waals surface area contributed by atoms with Gasteiger partial charge in [0.15, 0.2) is 46.0 Å². The maximum Gasteiger partial charge on any atom is 0.311 e. The highest BCUT2D eigenvalue weighted by molar-refractivity contribution is 5.69. The Kier molecular flexibility index (Phi) is 17.5. The molecule has 0 spiro atoms. The number of hydrogen-bond donors (Lipinski definition) is 0. The monoisotopic (exact) mass is 929 g/mol. The summed E-state index contributed by atoms with van der Waals surface area (Å²) in [4.78, 5) is 26.3. The van der Waals surface area contributed by atoms with E-state index < -0.39 is 0 Å². The molecular formula is C53H72N2O12+2. The Hall–Kier alpha value is -5.86. The second-order valence-electron chi connectivity index (χ2n) is 18.2. The fraction of sp³-hybridized carbons (Fsp3) is 0.509. The van der Waals surface area contributed by atoms with Crippen molar-refractivity contribution in [2.24, 2.45) is 0 Å². The molecule has 0 N–H and O–H groups in total. The molecule has 2 aliphatic heterocycles. The van der Waals surface area contributed by atoms with Gasteiger partial charge in [0.1, 0.15) is 12.6 Å². The Morgan fingerprint density at radius 3 is 1.52 bits per heavy atom. The minimum absolute atomic E-state index is 0.0409. The molecule has 14 nitrogen and oxygen atoms in total. The fourth-order valence-corrected chi connectivity index (χ4v) is 9.96. The zero-order valence-electron chi connectivity index (χ0n) is 41.3. The highest BCUT2D eigenvalue weighted by Crippen LogP contribution is 2.44. The molecule has 2 unspecified atom stereocenters. The second-order valence-corrected chi connectivity index (χ2v) is 18.2. The summed E-state index contributed by atoms with van der Waals surface area (Å²) in [5.74, 6) is 5.25. The topological polar surface area (TPSA) is 126 Å². The number of nitrogens with zero attached hydrogens (tertiary/aromatic N) is 2. The predicted molar refractivity (Wildman–Crippen MR) is 255 cm³/mol. The lowest BCUT2D eigenvalue weighted by molar-refractivity contribution is -0.940. The quantitative estimate of drug-likeness (QED) is 0.0383. The van der Waals surface area contributed by atoms with Crippen LogP contribution >= 0.6 is 0 Å². The molecule has 0 saturated carbocycles. The largest absolute Gasteiger partial charge is 0.493 e. The van der Waals surface area contributed by atoms with Crippen LogP contribution in [-0.4, -0.2) is 131 Å².